The Morgan fingerprint density at radius 2 is 2.10 bits per heavy atom. The van der Waals surface area contributed by atoms with E-state index in [1.807, 2.05) is 31.2 Å². The monoisotopic (exact) mass is 292 g/mol. The number of rotatable bonds is 6. The lowest BCUT2D eigenvalue weighted by Gasteiger charge is -2.03. The third kappa shape index (κ3) is 4.29. The molecule has 0 saturated carbocycles. The highest BCUT2D eigenvalue weighted by molar-refractivity contribution is 7.15. The lowest BCUT2D eigenvalue weighted by Crippen LogP contribution is -2.15. The molecule has 1 aromatic heterocycles. The van der Waals surface area contributed by atoms with Crippen LogP contribution in [0.3, 0.4) is 0 Å². The fourth-order valence-corrected chi connectivity index (χ4v) is 2.12. The summed E-state index contributed by atoms with van der Waals surface area (Å²) in [6, 6.07) is 7.77. The van der Waals surface area contributed by atoms with Crippen molar-refractivity contribution >= 4 is 22.4 Å². The van der Waals surface area contributed by atoms with Gasteiger partial charge in [-0.3, -0.25) is 4.79 Å². The van der Waals surface area contributed by atoms with E-state index in [1.165, 1.54) is 16.9 Å². The fraction of sp³-hybridized carbons (Fsp3) is 0.308. The summed E-state index contributed by atoms with van der Waals surface area (Å²) in [6.45, 7) is 2.66. The van der Waals surface area contributed by atoms with E-state index in [4.69, 9.17) is 10.5 Å². The minimum atomic E-state index is -0.158. The van der Waals surface area contributed by atoms with E-state index in [9.17, 15) is 4.79 Å². The molecule has 1 heterocycles. The SMILES string of the molecule is Cc1ccc(OCc2nnc(NC(=O)CCN)s2)cc1. The third-order valence-corrected chi connectivity index (χ3v) is 3.28. The molecule has 0 aliphatic heterocycles. The van der Waals surface area contributed by atoms with Gasteiger partial charge in [0.1, 0.15) is 12.4 Å². The van der Waals surface area contributed by atoms with Crippen molar-refractivity contribution in [2.45, 2.75) is 20.0 Å². The molecule has 7 heteroatoms. The van der Waals surface area contributed by atoms with E-state index in [0.29, 0.717) is 23.3 Å². The molecule has 106 valence electrons. The van der Waals surface area contributed by atoms with Gasteiger partial charge in [0, 0.05) is 13.0 Å². The highest BCUT2D eigenvalue weighted by atomic mass is 32.1. The number of anilines is 1. The molecular weight excluding hydrogens is 276 g/mol. The second kappa shape index (κ2) is 6.97. The summed E-state index contributed by atoms with van der Waals surface area (Å²) in [5.74, 6) is 0.620. The smallest absolute Gasteiger partial charge is 0.227 e. The lowest BCUT2D eigenvalue weighted by molar-refractivity contribution is -0.116. The molecule has 0 radical (unpaired) electrons. The summed E-state index contributed by atoms with van der Waals surface area (Å²) >= 11 is 1.29. The predicted octanol–water partition coefficient (Wildman–Crippen LogP) is 1.71. The largest absolute Gasteiger partial charge is 0.486 e. The minimum absolute atomic E-state index is 0.158. The van der Waals surface area contributed by atoms with Gasteiger partial charge in [0.15, 0.2) is 5.01 Å². The standard InChI is InChI=1S/C13H16N4O2S/c1-9-2-4-10(5-3-9)19-8-12-16-17-13(20-12)15-11(18)6-7-14/h2-5H,6-8,14H2,1H3,(H,15,17,18). The summed E-state index contributed by atoms with van der Waals surface area (Å²) in [5, 5.41) is 11.6. The Bertz CT molecular complexity index is 568. The first-order valence-electron chi connectivity index (χ1n) is 6.19. The normalized spacial score (nSPS) is 10.3. The molecule has 2 rings (SSSR count). The number of carbonyl (C=O) groups excluding carboxylic acids is 1. The number of ether oxygens (including phenoxy) is 1. The second-order valence-corrected chi connectivity index (χ2v) is 5.25. The molecule has 3 N–H and O–H groups in total. The number of aryl methyl sites for hydroxylation is 1. The first-order chi connectivity index (χ1) is 9.67. The molecule has 2 aromatic rings. The van der Waals surface area contributed by atoms with Crippen molar-refractivity contribution in [3.05, 3.63) is 34.8 Å². The number of amides is 1. The number of nitrogens with zero attached hydrogens (tertiary/aromatic N) is 2. The third-order valence-electron chi connectivity index (χ3n) is 2.47. The topological polar surface area (TPSA) is 90.1 Å². The molecule has 0 fully saturated rings. The number of hydrogen-bond acceptors (Lipinski definition) is 6. The Labute approximate surface area is 121 Å². The molecule has 0 spiro atoms. The van der Waals surface area contributed by atoms with Crippen LogP contribution >= 0.6 is 11.3 Å². The van der Waals surface area contributed by atoms with Crippen LogP contribution in [-0.2, 0) is 11.4 Å². The summed E-state index contributed by atoms with van der Waals surface area (Å²) in [6.07, 6.45) is 0.273. The van der Waals surface area contributed by atoms with Gasteiger partial charge in [-0.2, -0.15) is 0 Å². The Morgan fingerprint density at radius 3 is 2.80 bits per heavy atom. The molecule has 0 unspecified atom stereocenters. The molecule has 1 amide bonds. The van der Waals surface area contributed by atoms with Crippen LogP contribution in [0.1, 0.15) is 17.0 Å². The van der Waals surface area contributed by atoms with Gasteiger partial charge in [0.25, 0.3) is 0 Å². The van der Waals surface area contributed by atoms with Gasteiger partial charge in [-0.25, -0.2) is 0 Å². The number of nitrogens with two attached hydrogens (primary N) is 1. The lowest BCUT2D eigenvalue weighted by atomic mass is 10.2. The zero-order chi connectivity index (χ0) is 14.4. The highest BCUT2D eigenvalue weighted by Crippen LogP contribution is 2.18. The van der Waals surface area contributed by atoms with Gasteiger partial charge in [-0.15, -0.1) is 10.2 Å². The van der Waals surface area contributed by atoms with Gasteiger partial charge in [-0.05, 0) is 19.1 Å². The van der Waals surface area contributed by atoms with Crippen LogP contribution in [0.4, 0.5) is 5.13 Å². The highest BCUT2D eigenvalue weighted by Gasteiger charge is 2.08. The van der Waals surface area contributed by atoms with Crippen LogP contribution in [0.15, 0.2) is 24.3 Å². The maximum absolute atomic E-state index is 11.3. The quantitative estimate of drug-likeness (QED) is 0.846. The molecule has 0 saturated heterocycles. The van der Waals surface area contributed by atoms with Crippen LogP contribution in [-0.4, -0.2) is 22.6 Å². The van der Waals surface area contributed by atoms with E-state index in [0.717, 1.165) is 5.75 Å². The van der Waals surface area contributed by atoms with Crippen molar-refractivity contribution < 1.29 is 9.53 Å². The van der Waals surface area contributed by atoms with E-state index < -0.39 is 0 Å². The molecule has 0 aliphatic rings. The zero-order valence-electron chi connectivity index (χ0n) is 11.1. The van der Waals surface area contributed by atoms with Crippen molar-refractivity contribution in [2.75, 3.05) is 11.9 Å². The Balaban J connectivity index is 1.86. The minimum Gasteiger partial charge on any atom is -0.486 e. The summed E-state index contributed by atoms with van der Waals surface area (Å²) in [4.78, 5) is 11.3. The van der Waals surface area contributed by atoms with Crippen LogP contribution in [0.2, 0.25) is 0 Å². The molecule has 6 nitrogen and oxygen atoms in total. The van der Waals surface area contributed by atoms with Gasteiger partial charge < -0.3 is 15.8 Å². The zero-order valence-corrected chi connectivity index (χ0v) is 11.9. The molecule has 0 bridgehead atoms. The second-order valence-electron chi connectivity index (χ2n) is 4.19. The molecule has 20 heavy (non-hydrogen) atoms. The molecular formula is C13H16N4O2S. The van der Waals surface area contributed by atoms with Gasteiger partial charge >= 0.3 is 0 Å². The summed E-state index contributed by atoms with van der Waals surface area (Å²) in [5.41, 5.74) is 6.48. The predicted molar refractivity (Wildman–Crippen MR) is 77.7 cm³/mol. The van der Waals surface area contributed by atoms with Crippen LogP contribution in [0, 0.1) is 6.92 Å². The Hall–Kier alpha value is -1.99. The number of hydrogen-bond donors (Lipinski definition) is 2. The van der Waals surface area contributed by atoms with E-state index >= 15 is 0 Å². The summed E-state index contributed by atoms with van der Waals surface area (Å²) < 4.78 is 5.59. The van der Waals surface area contributed by atoms with Crippen molar-refractivity contribution in [1.82, 2.24) is 10.2 Å². The molecule has 1 aromatic carbocycles. The van der Waals surface area contributed by atoms with Crippen molar-refractivity contribution in [2.24, 2.45) is 5.73 Å². The average molecular weight is 292 g/mol. The number of aromatic nitrogens is 2. The van der Waals surface area contributed by atoms with Crippen LogP contribution < -0.4 is 15.8 Å². The van der Waals surface area contributed by atoms with Crippen molar-refractivity contribution in [3.63, 3.8) is 0 Å². The van der Waals surface area contributed by atoms with E-state index in [1.54, 1.807) is 0 Å². The van der Waals surface area contributed by atoms with Gasteiger partial charge in [0.2, 0.25) is 11.0 Å². The Morgan fingerprint density at radius 1 is 1.35 bits per heavy atom. The first-order valence-corrected chi connectivity index (χ1v) is 7.01. The van der Waals surface area contributed by atoms with Gasteiger partial charge in [0.05, 0.1) is 0 Å². The maximum atomic E-state index is 11.3. The van der Waals surface area contributed by atoms with Crippen LogP contribution in [0.5, 0.6) is 5.75 Å². The number of nitrogens with one attached hydrogen (secondary N) is 1. The molecule has 0 aliphatic carbocycles. The van der Waals surface area contributed by atoms with Crippen LogP contribution in [0.25, 0.3) is 0 Å². The number of benzene rings is 1. The maximum Gasteiger partial charge on any atom is 0.227 e. The average Bonchev–Trinajstić information content (AvgIpc) is 2.86. The van der Waals surface area contributed by atoms with Crippen molar-refractivity contribution in [1.29, 1.82) is 0 Å². The van der Waals surface area contributed by atoms with Crippen molar-refractivity contribution in [3.8, 4) is 5.75 Å². The Kier molecular flexibility index (Phi) is 5.03. The number of carbonyl (C=O) groups is 1. The summed E-state index contributed by atoms with van der Waals surface area (Å²) in [7, 11) is 0. The fourth-order valence-electron chi connectivity index (χ4n) is 1.45. The first kappa shape index (κ1) is 14.4. The van der Waals surface area contributed by atoms with E-state index in [2.05, 4.69) is 15.5 Å². The molecule has 0 atom stereocenters. The van der Waals surface area contributed by atoms with E-state index in [-0.39, 0.29) is 12.3 Å². The van der Waals surface area contributed by atoms with Gasteiger partial charge in [-0.1, -0.05) is 29.0 Å².